The molecule has 4 rings (SSSR count). The molecule has 1 aliphatic carbocycles. The molecular weight excluding hydrogens is 478 g/mol. The lowest BCUT2D eigenvalue weighted by molar-refractivity contribution is -0.141. The highest BCUT2D eigenvalue weighted by Gasteiger charge is 2.43. The van der Waals surface area contributed by atoms with E-state index in [1.165, 1.54) is 17.0 Å². The Bertz CT molecular complexity index is 1210. The third-order valence-corrected chi connectivity index (χ3v) is 8.80. The molecule has 1 fully saturated rings. The number of nitrogens with zero attached hydrogens (tertiary/aromatic N) is 2. The van der Waals surface area contributed by atoms with Crippen LogP contribution in [0.15, 0.2) is 59.5 Å². The molecule has 0 saturated heterocycles. The molecule has 0 spiro atoms. The minimum absolute atomic E-state index is 0.0585. The average molecular weight is 512 g/mol. The van der Waals surface area contributed by atoms with Gasteiger partial charge in [-0.15, -0.1) is 0 Å². The van der Waals surface area contributed by atoms with E-state index in [4.69, 9.17) is 0 Å². The van der Waals surface area contributed by atoms with Crippen LogP contribution in [0.1, 0.15) is 61.4 Å². The standard InChI is InChI=1S/C27H33N3O5S/c1-2-23(26(32)28-21-13-7-4-8-14-21)29(18-17-20-11-5-3-6-12-20)25(31)19-30-27(33)22-15-9-10-16-24(22)36(30,34)35/h3,5-6,9-12,15-16,21,23H,2,4,7-8,13-14,17-19H2,1H3,(H,28,32)/t23-/m0/s1. The van der Waals surface area contributed by atoms with E-state index in [9.17, 15) is 22.8 Å². The van der Waals surface area contributed by atoms with Crippen molar-refractivity contribution >= 4 is 27.7 Å². The summed E-state index contributed by atoms with van der Waals surface area (Å²) in [5, 5.41) is 3.10. The van der Waals surface area contributed by atoms with E-state index in [-0.39, 0.29) is 29.0 Å². The lowest BCUT2D eigenvalue weighted by atomic mass is 9.95. The fraction of sp³-hybridized carbons (Fsp3) is 0.444. The maximum absolute atomic E-state index is 13.6. The molecule has 2 aromatic rings. The summed E-state index contributed by atoms with van der Waals surface area (Å²) in [5.74, 6) is -1.52. The van der Waals surface area contributed by atoms with Crippen molar-refractivity contribution in [1.29, 1.82) is 0 Å². The first-order chi connectivity index (χ1) is 17.3. The largest absolute Gasteiger partial charge is 0.352 e. The van der Waals surface area contributed by atoms with Gasteiger partial charge in [-0.25, -0.2) is 12.7 Å². The highest BCUT2D eigenvalue weighted by molar-refractivity contribution is 7.90. The minimum Gasteiger partial charge on any atom is -0.352 e. The molecule has 0 unspecified atom stereocenters. The number of hydrogen-bond acceptors (Lipinski definition) is 5. The van der Waals surface area contributed by atoms with Crippen LogP contribution in [0.2, 0.25) is 0 Å². The summed E-state index contributed by atoms with van der Waals surface area (Å²) < 4.78 is 26.7. The first kappa shape index (κ1) is 25.9. The second-order valence-electron chi connectivity index (χ2n) is 9.40. The predicted octanol–water partition coefficient (Wildman–Crippen LogP) is 3.13. The van der Waals surface area contributed by atoms with Crippen molar-refractivity contribution in [1.82, 2.24) is 14.5 Å². The molecule has 1 atom stereocenters. The fourth-order valence-corrected chi connectivity index (χ4v) is 6.56. The van der Waals surface area contributed by atoms with E-state index in [0.717, 1.165) is 37.7 Å². The van der Waals surface area contributed by atoms with Gasteiger partial charge in [0.05, 0.1) is 5.56 Å². The van der Waals surface area contributed by atoms with Crippen LogP contribution in [0, 0.1) is 0 Å². The summed E-state index contributed by atoms with van der Waals surface area (Å²) in [5.41, 5.74) is 1.05. The highest BCUT2D eigenvalue weighted by atomic mass is 32.2. The summed E-state index contributed by atoms with van der Waals surface area (Å²) >= 11 is 0. The Morgan fingerprint density at radius 3 is 2.36 bits per heavy atom. The zero-order chi connectivity index (χ0) is 25.7. The van der Waals surface area contributed by atoms with Crippen molar-refractivity contribution in [3.63, 3.8) is 0 Å². The summed E-state index contributed by atoms with van der Waals surface area (Å²) in [6.45, 7) is 1.42. The predicted molar refractivity (Wildman–Crippen MR) is 136 cm³/mol. The van der Waals surface area contributed by atoms with Gasteiger partial charge in [0.15, 0.2) is 0 Å². The number of benzene rings is 2. The number of amides is 3. The smallest absolute Gasteiger partial charge is 0.269 e. The summed E-state index contributed by atoms with van der Waals surface area (Å²) in [4.78, 5) is 41.1. The van der Waals surface area contributed by atoms with Gasteiger partial charge in [0.1, 0.15) is 17.5 Å². The molecular formula is C27H33N3O5S. The van der Waals surface area contributed by atoms with E-state index < -0.39 is 34.4 Å². The Labute approximate surface area is 212 Å². The Morgan fingerprint density at radius 1 is 1.03 bits per heavy atom. The molecule has 2 aromatic carbocycles. The van der Waals surface area contributed by atoms with Gasteiger partial charge >= 0.3 is 0 Å². The first-order valence-corrected chi connectivity index (χ1v) is 14.1. The number of fused-ring (bicyclic) bond motifs is 1. The Balaban J connectivity index is 1.55. The number of carbonyl (C=O) groups is 3. The summed E-state index contributed by atoms with van der Waals surface area (Å²) in [6, 6.07) is 14.9. The molecule has 36 heavy (non-hydrogen) atoms. The van der Waals surface area contributed by atoms with Crippen molar-refractivity contribution in [2.24, 2.45) is 0 Å². The molecule has 0 aromatic heterocycles. The molecule has 1 aliphatic heterocycles. The van der Waals surface area contributed by atoms with Crippen molar-refractivity contribution < 1.29 is 22.8 Å². The molecule has 1 saturated carbocycles. The Kier molecular flexibility index (Phi) is 8.08. The van der Waals surface area contributed by atoms with Crippen molar-refractivity contribution in [2.75, 3.05) is 13.1 Å². The molecule has 0 bridgehead atoms. The quantitative estimate of drug-likeness (QED) is 0.557. The zero-order valence-electron chi connectivity index (χ0n) is 20.6. The molecule has 1 heterocycles. The first-order valence-electron chi connectivity index (χ1n) is 12.6. The van der Waals surface area contributed by atoms with E-state index in [2.05, 4.69) is 5.32 Å². The normalized spacial score (nSPS) is 17.9. The molecule has 2 aliphatic rings. The topological polar surface area (TPSA) is 104 Å². The molecule has 0 radical (unpaired) electrons. The van der Waals surface area contributed by atoms with Crippen molar-refractivity contribution in [2.45, 2.75) is 68.8 Å². The molecule has 9 heteroatoms. The van der Waals surface area contributed by atoms with Gasteiger partial charge in [-0.05, 0) is 43.4 Å². The summed E-state index contributed by atoms with van der Waals surface area (Å²) in [7, 11) is -4.13. The van der Waals surface area contributed by atoms with Crippen LogP contribution in [0.25, 0.3) is 0 Å². The van der Waals surface area contributed by atoms with Crippen LogP contribution in [0.3, 0.4) is 0 Å². The number of nitrogens with one attached hydrogen (secondary N) is 1. The second kappa shape index (κ2) is 11.2. The Morgan fingerprint density at radius 2 is 1.69 bits per heavy atom. The van der Waals surface area contributed by atoms with E-state index in [1.54, 1.807) is 12.1 Å². The van der Waals surface area contributed by atoms with Crippen molar-refractivity contribution in [3.8, 4) is 0 Å². The molecule has 3 amide bonds. The third kappa shape index (κ3) is 5.46. The monoisotopic (exact) mass is 511 g/mol. The van der Waals surface area contributed by atoms with Crippen LogP contribution >= 0.6 is 0 Å². The molecule has 8 nitrogen and oxygen atoms in total. The van der Waals surface area contributed by atoms with Crippen LogP contribution in [-0.2, 0) is 26.0 Å². The van der Waals surface area contributed by atoms with Crippen LogP contribution in [0.4, 0.5) is 0 Å². The SMILES string of the molecule is CC[C@@H](C(=O)NC1CCCCC1)N(CCc1ccccc1)C(=O)CN1C(=O)c2ccccc2S1(=O)=O. The molecule has 192 valence electrons. The van der Waals surface area contributed by atoms with Crippen LogP contribution in [0.5, 0.6) is 0 Å². The fourth-order valence-electron chi connectivity index (χ4n) is 5.04. The van der Waals surface area contributed by atoms with E-state index in [1.807, 2.05) is 37.3 Å². The maximum atomic E-state index is 13.6. The minimum atomic E-state index is -4.13. The average Bonchev–Trinajstić information content (AvgIpc) is 3.08. The molecule has 1 N–H and O–H groups in total. The lowest BCUT2D eigenvalue weighted by Crippen LogP contribution is -2.54. The lowest BCUT2D eigenvalue weighted by Gasteiger charge is -2.33. The van der Waals surface area contributed by atoms with Gasteiger partial charge in [0.2, 0.25) is 11.8 Å². The second-order valence-corrected chi connectivity index (χ2v) is 11.2. The van der Waals surface area contributed by atoms with Gasteiger partial charge in [0.25, 0.3) is 15.9 Å². The van der Waals surface area contributed by atoms with Crippen LogP contribution in [-0.4, -0.2) is 60.5 Å². The van der Waals surface area contributed by atoms with Gasteiger partial charge in [-0.3, -0.25) is 14.4 Å². The van der Waals surface area contributed by atoms with Gasteiger partial charge in [-0.2, -0.15) is 0 Å². The van der Waals surface area contributed by atoms with Crippen LogP contribution < -0.4 is 5.32 Å². The number of hydrogen-bond donors (Lipinski definition) is 1. The van der Waals surface area contributed by atoms with Crippen molar-refractivity contribution in [3.05, 3.63) is 65.7 Å². The third-order valence-electron chi connectivity index (χ3n) is 7.01. The van der Waals surface area contributed by atoms with E-state index >= 15 is 0 Å². The van der Waals surface area contributed by atoms with Gasteiger partial charge in [-0.1, -0.05) is 68.7 Å². The summed E-state index contributed by atoms with van der Waals surface area (Å²) in [6.07, 6.45) is 5.99. The number of carbonyl (C=O) groups excluding carboxylic acids is 3. The maximum Gasteiger partial charge on any atom is 0.269 e. The Hall–Kier alpha value is -3.20. The number of sulfonamides is 1. The van der Waals surface area contributed by atoms with E-state index in [0.29, 0.717) is 17.1 Å². The van der Waals surface area contributed by atoms with Gasteiger partial charge < -0.3 is 10.2 Å². The van der Waals surface area contributed by atoms with Gasteiger partial charge in [0, 0.05) is 12.6 Å². The number of rotatable bonds is 9. The zero-order valence-corrected chi connectivity index (χ0v) is 21.4. The highest BCUT2D eigenvalue weighted by Crippen LogP contribution is 2.30.